The molecule has 8 heteroatoms. The first-order chi connectivity index (χ1) is 18.5. The predicted molar refractivity (Wildman–Crippen MR) is 146 cm³/mol. The van der Waals surface area contributed by atoms with Gasteiger partial charge in [-0.15, -0.1) is 0 Å². The molecule has 0 spiro atoms. The zero-order valence-corrected chi connectivity index (χ0v) is 21.9. The van der Waals surface area contributed by atoms with E-state index >= 15 is 0 Å². The lowest BCUT2D eigenvalue weighted by atomic mass is 9.86. The number of carbonyl (C=O) groups excluding carboxylic acids is 1. The number of nitrogens with one attached hydrogen (secondary N) is 1. The molecule has 1 atom stereocenters. The summed E-state index contributed by atoms with van der Waals surface area (Å²) in [6.07, 6.45) is 9.07. The summed E-state index contributed by atoms with van der Waals surface area (Å²) in [6, 6.07) is 11.7. The fourth-order valence-corrected chi connectivity index (χ4v) is 5.50. The number of rotatable bonds is 6. The summed E-state index contributed by atoms with van der Waals surface area (Å²) in [6.45, 7) is 3.95. The first-order valence-electron chi connectivity index (χ1n) is 12.5. The number of nitrogens with zero attached hydrogens (tertiary/aromatic N) is 4. The van der Waals surface area contributed by atoms with Crippen molar-refractivity contribution in [3.05, 3.63) is 82.4 Å². The Kier molecular flexibility index (Phi) is 6.84. The molecule has 0 aliphatic heterocycles. The molecule has 38 heavy (non-hydrogen) atoms. The molecule has 192 valence electrons. The molecule has 0 bridgehead atoms. The largest absolute Gasteiger partial charge is 0.493 e. The van der Waals surface area contributed by atoms with Crippen molar-refractivity contribution in [2.75, 3.05) is 19.5 Å². The summed E-state index contributed by atoms with van der Waals surface area (Å²) in [7, 11) is 3.29. The fourth-order valence-electron chi connectivity index (χ4n) is 5.50. The number of pyridine rings is 2. The lowest BCUT2D eigenvalue weighted by molar-refractivity contribution is -0.111. The van der Waals surface area contributed by atoms with Crippen LogP contribution in [0.1, 0.15) is 52.5 Å². The topological polar surface area (TPSA) is 102 Å². The predicted octanol–water partition coefficient (Wildman–Crippen LogP) is 5.51. The Balaban J connectivity index is 1.70. The number of anilines is 1. The minimum atomic E-state index is -0.298. The molecule has 1 amide bonds. The number of aromatic nitrogens is 3. The number of carbonyl (C=O) groups is 1. The van der Waals surface area contributed by atoms with Crippen LogP contribution in [-0.2, 0) is 11.2 Å². The number of nitriles is 1. The van der Waals surface area contributed by atoms with Crippen molar-refractivity contribution < 1.29 is 14.3 Å². The number of ether oxygens (including phenoxy) is 2. The van der Waals surface area contributed by atoms with E-state index in [1.54, 1.807) is 44.8 Å². The molecule has 1 aromatic carbocycles. The van der Waals surface area contributed by atoms with Gasteiger partial charge in [-0.3, -0.25) is 9.78 Å². The van der Waals surface area contributed by atoms with E-state index in [9.17, 15) is 10.1 Å². The van der Waals surface area contributed by atoms with Crippen LogP contribution < -0.4 is 14.8 Å². The van der Waals surface area contributed by atoms with Crippen molar-refractivity contribution in [1.82, 2.24) is 14.5 Å². The van der Waals surface area contributed by atoms with E-state index in [1.165, 1.54) is 6.08 Å². The standard InChI is InChI=1S/C30H29N5O3/c1-18-16-19(2)33-30-28(18)23(17-31)25(9-11-27(36)34-20-12-14-32-15-13-20)35(30)24-7-5-6-22-21(24)8-10-26(37-3)29(22)38-4/h8-16,24H,5-7H2,1-4H3,(H,32,34,36)/b11-9+. The highest BCUT2D eigenvalue weighted by molar-refractivity contribution is 6.03. The van der Waals surface area contributed by atoms with Crippen molar-refractivity contribution in [1.29, 1.82) is 5.26 Å². The highest BCUT2D eigenvalue weighted by atomic mass is 16.5. The summed E-state index contributed by atoms with van der Waals surface area (Å²) in [5.74, 6) is 1.13. The number of aryl methyl sites for hydroxylation is 2. The number of fused-ring (bicyclic) bond motifs is 2. The molecule has 0 radical (unpaired) electrons. The minimum absolute atomic E-state index is 0.0974. The summed E-state index contributed by atoms with van der Waals surface area (Å²) >= 11 is 0. The summed E-state index contributed by atoms with van der Waals surface area (Å²) in [5, 5.41) is 13.9. The summed E-state index contributed by atoms with van der Waals surface area (Å²) < 4.78 is 13.4. The first kappa shape index (κ1) is 25.0. The monoisotopic (exact) mass is 507 g/mol. The SMILES string of the molecule is COc1ccc2c(c1OC)CCCC2n1c(/C=C/C(=O)Nc2ccncc2)c(C#N)c2c(C)cc(C)nc21. The van der Waals surface area contributed by atoms with Gasteiger partial charge < -0.3 is 19.4 Å². The van der Waals surface area contributed by atoms with Crippen LogP contribution in [0.2, 0.25) is 0 Å². The Morgan fingerprint density at radius 2 is 1.97 bits per heavy atom. The van der Waals surface area contributed by atoms with Crippen LogP contribution in [-0.4, -0.2) is 34.7 Å². The molecule has 1 N–H and O–H groups in total. The third-order valence-corrected chi connectivity index (χ3v) is 7.03. The lowest BCUT2D eigenvalue weighted by Crippen LogP contribution is -2.20. The third kappa shape index (κ3) is 4.37. The van der Waals surface area contributed by atoms with Gasteiger partial charge in [0.1, 0.15) is 11.7 Å². The van der Waals surface area contributed by atoms with E-state index in [-0.39, 0.29) is 11.9 Å². The Morgan fingerprint density at radius 3 is 2.68 bits per heavy atom. The number of methoxy groups -OCH3 is 2. The molecule has 5 rings (SSSR count). The van der Waals surface area contributed by atoms with E-state index in [0.717, 1.165) is 58.4 Å². The lowest BCUT2D eigenvalue weighted by Gasteiger charge is -2.30. The Morgan fingerprint density at radius 1 is 1.18 bits per heavy atom. The second-order valence-corrected chi connectivity index (χ2v) is 9.36. The fraction of sp³-hybridized carbons (Fsp3) is 0.267. The van der Waals surface area contributed by atoms with Crippen LogP contribution in [0.4, 0.5) is 5.69 Å². The average Bonchev–Trinajstić information content (AvgIpc) is 3.24. The zero-order valence-electron chi connectivity index (χ0n) is 21.9. The Hall–Kier alpha value is -4.64. The van der Waals surface area contributed by atoms with Crippen molar-refractivity contribution in [2.24, 2.45) is 0 Å². The van der Waals surface area contributed by atoms with Gasteiger partial charge in [0, 0.05) is 40.8 Å². The number of hydrogen-bond acceptors (Lipinski definition) is 6. The van der Waals surface area contributed by atoms with Gasteiger partial charge >= 0.3 is 0 Å². The molecule has 4 aromatic rings. The first-order valence-corrected chi connectivity index (χ1v) is 12.5. The molecule has 3 heterocycles. The van der Waals surface area contributed by atoms with E-state index < -0.39 is 0 Å². The van der Waals surface area contributed by atoms with Gasteiger partial charge in [0.15, 0.2) is 11.5 Å². The molecule has 0 saturated carbocycles. The van der Waals surface area contributed by atoms with Crippen LogP contribution in [0.25, 0.3) is 17.1 Å². The smallest absolute Gasteiger partial charge is 0.248 e. The van der Waals surface area contributed by atoms with Crippen molar-refractivity contribution in [3.8, 4) is 17.6 Å². The van der Waals surface area contributed by atoms with Crippen LogP contribution >= 0.6 is 0 Å². The summed E-state index contributed by atoms with van der Waals surface area (Å²) in [4.78, 5) is 21.7. The van der Waals surface area contributed by atoms with Crippen LogP contribution in [0.15, 0.2) is 48.8 Å². The van der Waals surface area contributed by atoms with Crippen molar-refractivity contribution in [3.63, 3.8) is 0 Å². The third-order valence-electron chi connectivity index (χ3n) is 7.03. The van der Waals surface area contributed by atoms with Crippen LogP contribution in [0.5, 0.6) is 11.5 Å². The van der Waals surface area contributed by atoms with Gasteiger partial charge in [0.25, 0.3) is 0 Å². The second-order valence-electron chi connectivity index (χ2n) is 9.36. The molecule has 8 nitrogen and oxygen atoms in total. The van der Waals surface area contributed by atoms with Gasteiger partial charge in [0.05, 0.1) is 31.5 Å². The van der Waals surface area contributed by atoms with Crippen molar-refractivity contribution in [2.45, 2.75) is 39.2 Å². The van der Waals surface area contributed by atoms with Gasteiger partial charge in [-0.05, 0) is 74.6 Å². The number of benzene rings is 1. The molecular weight excluding hydrogens is 478 g/mol. The van der Waals surface area contributed by atoms with E-state index in [2.05, 4.69) is 27.0 Å². The molecule has 1 aliphatic carbocycles. The van der Waals surface area contributed by atoms with Gasteiger partial charge in [-0.25, -0.2) is 4.98 Å². The zero-order chi connectivity index (χ0) is 26.8. The maximum Gasteiger partial charge on any atom is 0.248 e. The highest BCUT2D eigenvalue weighted by Crippen LogP contribution is 2.45. The molecule has 0 saturated heterocycles. The number of hydrogen-bond donors (Lipinski definition) is 1. The van der Waals surface area contributed by atoms with Gasteiger partial charge in [-0.1, -0.05) is 6.07 Å². The molecule has 1 aliphatic rings. The van der Waals surface area contributed by atoms with Gasteiger partial charge in [0.2, 0.25) is 5.91 Å². The van der Waals surface area contributed by atoms with E-state index in [4.69, 9.17) is 14.5 Å². The maximum atomic E-state index is 12.8. The van der Waals surface area contributed by atoms with Crippen LogP contribution in [0, 0.1) is 25.2 Å². The number of amides is 1. The second kappa shape index (κ2) is 10.4. The van der Waals surface area contributed by atoms with Crippen molar-refractivity contribution >= 4 is 28.7 Å². The van der Waals surface area contributed by atoms with E-state index in [1.807, 2.05) is 26.0 Å². The van der Waals surface area contributed by atoms with E-state index in [0.29, 0.717) is 22.7 Å². The van der Waals surface area contributed by atoms with Gasteiger partial charge in [-0.2, -0.15) is 5.26 Å². The normalized spacial score (nSPS) is 14.8. The molecule has 1 unspecified atom stereocenters. The summed E-state index contributed by atoms with van der Waals surface area (Å²) in [5.41, 5.74) is 6.58. The molecule has 0 fully saturated rings. The molecular formula is C30H29N5O3. The highest BCUT2D eigenvalue weighted by Gasteiger charge is 2.31. The Bertz CT molecular complexity index is 1600. The Labute approximate surface area is 221 Å². The quantitative estimate of drug-likeness (QED) is 0.345. The average molecular weight is 508 g/mol. The minimum Gasteiger partial charge on any atom is -0.493 e. The van der Waals surface area contributed by atoms with Crippen LogP contribution in [0.3, 0.4) is 0 Å². The maximum absolute atomic E-state index is 12.8. The molecule has 3 aromatic heterocycles.